The highest BCUT2D eigenvalue weighted by atomic mass is 19.3. The van der Waals surface area contributed by atoms with Crippen molar-refractivity contribution >= 4 is 5.91 Å². The van der Waals surface area contributed by atoms with Gasteiger partial charge in [-0.1, -0.05) is 30.3 Å². The second-order valence-corrected chi connectivity index (χ2v) is 6.92. The van der Waals surface area contributed by atoms with E-state index in [1.165, 1.54) is 12.1 Å². The fourth-order valence-electron chi connectivity index (χ4n) is 3.02. The number of amides is 1. The van der Waals surface area contributed by atoms with E-state index in [-0.39, 0.29) is 18.2 Å². The molecule has 0 radical (unpaired) electrons. The summed E-state index contributed by atoms with van der Waals surface area (Å²) in [6, 6.07) is 16.2. The second kappa shape index (κ2) is 10.5. The quantitative estimate of drug-likeness (QED) is 0.553. The van der Waals surface area contributed by atoms with Gasteiger partial charge in [0.15, 0.2) is 0 Å². The number of para-hydroxylation sites is 1. The van der Waals surface area contributed by atoms with Crippen LogP contribution < -0.4 is 10.1 Å². The summed E-state index contributed by atoms with van der Waals surface area (Å²) < 4.78 is 30.4. The van der Waals surface area contributed by atoms with Gasteiger partial charge in [-0.3, -0.25) is 9.69 Å². The van der Waals surface area contributed by atoms with Gasteiger partial charge in [0, 0.05) is 24.8 Å². The van der Waals surface area contributed by atoms with Crippen LogP contribution in [0.5, 0.6) is 5.75 Å². The number of aromatic nitrogens is 2. The summed E-state index contributed by atoms with van der Waals surface area (Å²) in [4.78, 5) is 14.1. The summed E-state index contributed by atoms with van der Waals surface area (Å²) >= 11 is 0. The molecule has 0 spiro atoms. The summed E-state index contributed by atoms with van der Waals surface area (Å²) in [5.41, 5.74) is 2.93. The highest BCUT2D eigenvalue weighted by Gasteiger charge is 2.09. The maximum Gasteiger partial charge on any atom is 0.387 e. The first-order chi connectivity index (χ1) is 14.5. The minimum Gasteiger partial charge on any atom is -0.435 e. The first-order valence-electron chi connectivity index (χ1n) is 9.57. The highest BCUT2D eigenvalue weighted by Crippen LogP contribution is 2.15. The molecule has 3 aromatic rings. The number of carbonyl (C=O) groups is 1. The average Bonchev–Trinajstić information content (AvgIpc) is 3.18. The monoisotopic (exact) mass is 414 g/mol. The van der Waals surface area contributed by atoms with Crippen LogP contribution >= 0.6 is 0 Å². The molecule has 30 heavy (non-hydrogen) atoms. The number of likely N-dealkylation sites (N-methyl/N-ethyl adjacent to an activating group) is 1. The third kappa shape index (κ3) is 6.66. The maximum atomic E-state index is 12.2. The summed E-state index contributed by atoms with van der Waals surface area (Å²) in [7, 11) is 1.88. The van der Waals surface area contributed by atoms with Crippen LogP contribution in [0, 0.1) is 0 Å². The van der Waals surface area contributed by atoms with Gasteiger partial charge in [0.25, 0.3) is 0 Å². The van der Waals surface area contributed by atoms with Crippen molar-refractivity contribution in [2.24, 2.45) is 0 Å². The average molecular weight is 414 g/mol. The van der Waals surface area contributed by atoms with E-state index in [0.29, 0.717) is 19.5 Å². The van der Waals surface area contributed by atoms with Gasteiger partial charge in [-0.05, 0) is 43.3 Å². The molecule has 1 aromatic heterocycles. The highest BCUT2D eigenvalue weighted by molar-refractivity contribution is 5.77. The molecule has 0 fully saturated rings. The van der Waals surface area contributed by atoms with E-state index in [0.717, 1.165) is 16.8 Å². The van der Waals surface area contributed by atoms with E-state index in [2.05, 4.69) is 15.2 Å². The smallest absolute Gasteiger partial charge is 0.387 e. The van der Waals surface area contributed by atoms with Crippen LogP contribution in [0.3, 0.4) is 0 Å². The standard InChI is InChI=1S/C22H24F2N4O2/c1-27(14-18-13-26-28(15-18)19-5-3-2-4-6-19)16-21(29)25-12-11-17-7-9-20(10-8-17)30-22(23)24/h2-10,13,15,22H,11-12,14,16H2,1H3,(H,25,29). The maximum absolute atomic E-state index is 12.2. The van der Waals surface area contributed by atoms with Crippen LogP contribution in [0.25, 0.3) is 5.69 Å². The predicted molar refractivity (Wildman–Crippen MR) is 110 cm³/mol. The number of hydrogen-bond acceptors (Lipinski definition) is 4. The summed E-state index contributed by atoms with van der Waals surface area (Å²) in [5, 5.41) is 7.24. The van der Waals surface area contributed by atoms with Crippen molar-refractivity contribution in [2.45, 2.75) is 19.6 Å². The summed E-state index contributed by atoms with van der Waals surface area (Å²) in [5.74, 6) is 0.0422. The minimum absolute atomic E-state index is 0.0781. The first kappa shape index (κ1) is 21.4. The molecule has 0 bridgehead atoms. The zero-order chi connectivity index (χ0) is 21.3. The van der Waals surface area contributed by atoms with E-state index in [4.69, 9.17) is 0 Å². The third-order valence-electron chi connectivity index (χ3n) is 4.41. The van der Waals surface area contributed by atoms with E-state index >= 15 is 0 Å². The number of nitrogens with zero attached hydrogens (tertiary/aromatic N) is 3. The lowest BCUT2D eigenvalue weighted by Gasteiger charge is -2.15. The molecule has 1 heterocycles. The van der Waals surface area contributed by atoms with Crippen LogP contribution in [0.15, 0.2) is 67.0 Å². The molecule has 0 saturated carbocycles. The van der Waals surface area contributed by atoms with Crippen molar-refractivity contribution in [3.8, 4) is 11.4 Å². The number of alkyl halides is 2. The number of benzene rings is 2. The molecule has 2 aromatic carbocycles. The fourth-order valence-corrected chi connectivity index (χ4v) is 3.02. The molecule has 0 aliphatic heterocycles. The van der Waals surface area contributed by atoms with Crippen LogP contribution in [0.1, 0.15) is 11.1 Å². The molecule has 0 aliphatic carbocycles. The van der Waals surface area contributed by atoms with Crippen molar-refractivity contribution in [3.05, 3.63) is 78.1 Å². The Hall–Kier alpha value is -3.26. The molecule has 158 valence electrons. The van der Waals surface area contributed by atoms with Crippen molar-refractivity contribution < 1.29 is 18.3 Å². The van der Waals surface area contributed by atoms with Crippen LogP contribution in [-0.2, 0) is 17.8 Å². The van der Waals surface area contributed by atoms with Gasteiger partial charge in [-0.25, -0.2) is 4.68 Å². The molecule has 0 atom stereocenters. The number of ether oxygens (including phenoxy) is 1. The van der Waals surface area contributed by atoms with Gasteiger partial charge in [-0.15, -0.1) is 0 Å². The van der Waals surface area contributed by atoms with Crippen molar-refractivity contribution in [3.63, 3.8) is 0 Å². The molecule has 3 rings (SSSR count). The zero-order valence-electron chi connectivity index (χ0n) is 16.7. The second-order valence-electron chi connectivity index (χ2n) is 6.92. The minimum atomic E-state index is -2.83. The van der Waals surface area contributed by atoms with Gasteiger partial charge in [0.1, 0.15) is 5.75 Å². The molecule has 0 saturated heterocycles. The Balaban J connectivity index is 1.39. The first-order valence-corrected chi connectivity index (χ1v) is 9.57. The van der Waals surface area contributed by atoms with Crippen molar-refractivity contribution in [2.75, 3.05) is 20.1 Å². The number of nitrogens with one attached hydrogen (secondary N) is 1. The lowest BCUT2D eigenvalue weighted by atomic mass is 10.1. The number of carbonyl (C=O) groups excluding carboxylic acids is 1. The van der Waals surface area contributed by atoms with E-state index in [1.807, 2.05) is 48.5 Å². The largest absolute Gasteiger partial charge is 0.435 e. The van der Waals surface area contributed by atoms with Crippen molar-refractivity contribution in [1.82, 2.24) is 20.0 Å². The molecule has 1 N–H and O–H groups in total. The molecular formula is C22H24F2N4O2. The number of halogens is 2. The Morgan fingerprint density at radius 2 is 1.87 bits per heavy atom. The zero-order valence-corrected chi connectivity index (χ0v) is 16.7. The van der Waals surface area contributed by atoms with Gasteiger partial charge in [0.2, 0.25) is 5.91 Å². The molecule has 8 heteroatoms. The fraction of sp³-hybridized carbons (Fsp3) is 0.273. The van der Waals surface area contributed by atoms with Gasteiger partial charge in [0.05, 0.1) is 18.4 Å². The molecule has 6 nitrogen and oxygen atoms in total. The topological polar surface area (TPSA) is 59.4 Å². The lowest BCUT2D eigenvalue weighted by molar-refractivity contribution is -0.122. The van der Waals surface area contributed by atoms with Gasteiger partial charge in [-0.2, -0.15) is 13.9 Å². The Bertz CT molecular complexity index is 930. The lowest BCUT2D eigenvalue weighted by Crippen LogP contribution is -2.35. The van der Waals surface area contributed by atoms with Gasteiger partial charge < -0.3 is 10.1 Å². The van der Waals surface area contributed by atoms with Crippen LogP contribution in [0.2, 0.25) is 0 Å². The molecule has 0 unspecified atom stereocenters. The normalized spacial score (nSPS) is 11.1. The van der Waals surface area contributed by atoms with Crippen molar-refractivity contribution in [1.29, 1.82) is 0 Å². The Kier molecular flexibility index (Phi) is 7.51. The van der Waals surface area contributed by atoms with E-state index < -0.39 is 6.61 Å². The Labute approximate surface area is 174 Å². The van der Waals surface area contributed by atoms with Crippen LogP contribution in [-0.4, -0.2) is 47.3 Å². The predicted octanol–water partition coefficient (Wildman–Crippen LogP) is 3.26. The summed E-state index contributed by atoms with van der Waals surface area (Å²) in [6.07, 6.45) is 4.35. The van der Waals surface area contributed by atoms with Gasteiger partial charge >= 0.3 is 6.61 Å². The SMILES string of the molecule is CN(CC(=O)NCCc1ccc(OC(F)F)cc1)Cc1cnn(-c2ccccc2)c1. The Morgan fingerprint density at radius 3 is 2.57 bits per heavy atom. The third-order valence-corrected chi connectivity index (χ3v) is 4.41. The van der Waals surface area contributed by atoms with E-state index in [1.54, 1.807) is 23.0 Å². The Morgan fingerprint density at radius 1 is 1.13 bits per heavy atom. The molecule has 1 amide bonds. The number of hydrogen-bond donors (Lipinski definition) is 1. The molecule has 0 aliphatic rings. The summed E-state index contributed by atoms with van der Waals surface area (Å²) in [6.45, 7) is -1.50. The number of rotatable bonds is 10. The van der Waals surface area contributed by atoms with Crippen LogP contribution in [0.4, 0.5) is 8.78 Å². The molecular weight excluding hydrogens is 390 g/mol. The van der Waals surface area contributed by atoms with E-state index in [9.17, 15) is 13.6 Å².